The fourth-order valence-electron chi connectivity index (χ4n) is 2.40. The Morgan fingerprint density at radius 3 is 2.74 bits per heavy atom. The Morgan fingerprint density at radius 1 is 1.11 bits per heavy atom. The molecule has 1 amide bonds. The number of aromatic nitrogens is 1. The molecule has 0 unspecified atom stereocenters. The molecule has 2 aromatic carbocycles. The van der Waals surface area contributed by atoms with E-state index in [9.17, 15) is 13.6 Å². The molecule has 3 rings (SSSR count). The van der Waals surface area contributed by atoms with Crippen LogP contribution in [-0.4, -0.2) is 10.9 Å². The average molecular weight is 369 g/mol. The molecular weight excluding hydrogens is 352 g/mol. The number of hydrogen-bond donors (Lipinski definition) is 2. The highest BCUT2D eigenvalue weighted by molar-refractivity contribution is 5.94. The predicted molar refractivity (Wildman–Crippen MR) is 96.2 cm³/mol. The van der Waals surface area contributed by atoms with Crippen LogP contribution in [-0.2, 0) is 13.1 Å². The molecule has 0 saturated heterocycles. The first-order valence-corrected chi connectivity index (χ1v) is 8.20. The zero-order valence-electron chi connectivity index (χ0n) is 14.3. The largest absolute Gasteiger partial charge is 0.439 e. The van der Waals surface area contributed by atoms with Gasteiger partial charge in [0, 0.05) is 42.5 Å². The van der Waals surface area contributed by atoms with Crippen molar-refractivity contribution in [2.75, 3.05) is 0 Å². The molecule has 138 valence electrons. The third-order valence-electron chi connectivity index (χ3n) is 3.81. The second kappa shape index (κ2) is 8.37. The summed E-state index contributed by atoms with van der Waals surface area (Å²) in [7, 11) is 0. The summed E-state index contributed by atoms with van der Waals surface area (Å²) in [6.45, 7) is 0.303. The second-order valence-corrected chi connectivity index (χ2v) is 5.75. The number of hydrogen-bond acceptors (Lipinski definition) is 4. The van der Waals surface area contributed by atoms with Crippen molar-refractivity contribution < 1.29 is 18.3 Å². The molecule has 0 aliphatic heterocycles. The highest BCUT2D eigenvalue weighted by atomic mass is 19.1. The van der Waals surface area contributed by atoms with Crippen LogP contribution in [0.3, 0.4) is 0 Å². The maximum atomic E-state index is 13.6. The van der Waals surface area contributed by atoms with Gasteiger partial charge in [-0.2, -0.15) is 0 Å². The highest BCUT2D eigenvalue weighted by Gasteiger charge is 2.10. The minimum atomic E-state index is -0.710. The Kier molecular flexibility index (Phi) is 5.73. The van der Waals surface area contributed by atoms with E-state index in [2.05, 4.69) is 10.3 Å². The molecule has 1 heterocycles. The van der Waals surface area contributed by atoms with Crippen LogP contribution in [0, 0.1) is 11.6 Å². The summed E-state index contributed by atoms with van der Waals surface area (Å²) < 4.78 is 32.2. The third kappa shape index (κ3) is 4.86. The second-order valence-electron chi connectivity index (χ2n) is 5.75. The van der Waals surface area contributed by atoms with Crippen LogP contribution in [0.15, 0.2) is 60.8 Å². The van der Waals surface area contributed by atoms with E-state index in [0.29, 0.717) is 23.7 Å². The molecule has 0 fully saturated rings. The molecule has 0 spiro atoms. The molecule has 27 heavy (non-hydrogen) atoms. The van der Waals surface area contributed by atoms with Crippen molar-refractivity contribution in [3.63, 3.8) is 0 Å². The summed E-state index contributed by atoms with van der Waals surface area (Å²) in [6.07, 6.45) is 1.59. The fraction of sp³-hybridized carbons (Fsp3) is 0.100. The molecule has 0 radical (unpaired) electrons. The van der Waals surface area contributed by atoms with Gasteiger partial charge in [-0.3, -0.25) is 4.79 Å². The molecule has 3 N–H and O–H groups in total. The van der Waals surface area contributed by atoms with Crippen LogP contribution in [0.5, 0.6) is 11.6 Å². The summed E-state index contributed by atoms with van der Waals surface area (Å²) in [5.41, 5.74) is 7.00. The lowest BCUT2D eigenvalue weighted by molar-refractivity contribution is 0.0950. The van der Waals surface area contributed by atoms with Gasteiger partial charge in [-0.25, -0.2) is 13.8 Å². The maximum Gasteiger partial charge on any atom is 0.251 e. The number of benzene rings is 2. The molecule has 0 saturated carbocycles. The average Bonchev–Trinajstić information content (AvgIpc) is 2.67. The number of carbonyl (C=O) groups excluding carboxylic acids is 1. The molecular formula is C20H17F2N3O2. The van der Waals surface area contributed by atoms with Crippen molar-refractivity contribution >= 4 is 5.91 Å². The first-order valence-electron chi connectivity index (χ1n) is 8.20. The van der Waals surface area contributed by atoms with Gasteiger partial charge >= 0.3 is 0 Å². The molecule has 0 aliphatic rings. The number of carbonyl (C=O) groups is 1. The standard InChI is InChI=1S/C20H17F2N3O2/c21-16-5-4-15(18(22)10-16)12-25-20(26)14-2-1-3-17(9-14)27-19-8-13(11-23)6-7-24-19/h1-10H,11-12,23H2,(H,25,26). The zero-order valence-corrected chi connectivity index (χ0v) is 14.3. The van der Waals surface area contributed by atoms with Crippen LogP contribution in [0.25, 0.3) is 0 Å². The molecule has 1 aromatic heterocycles. The smallest absolute Gasteiger partial charge is 0.251 e. The van der Waals surface area contributed by atoms with Crippen LogP contribution in [0.1, 0.15) is 21.5 Å². The minimum Gasteiger partial charge on any atom is -0.439 e. The first-order chi connectivity index (χ1) is 13.0. The van der Waals surface area contributed by atoms with E-state index in [1.165, 1.54) is 6.07 Å². The number of halogens is 2. The lowest BCUT2D eigenvalue weighted by Gasteiger charge is -2.09. The predicted octanol–water partition coefficient (Wildman–Crippen LogP) is 3.54. The number of nitrogens with one attached hydrogen (secondary N) is 1. The van der Waals surface area contributed by atoms with Crippen molar-refractivity contribution in [3.05, 3.63) is 89.1 Å². The monoisotopic (exact) mass is 369 g/mol. The Bertz CT molecular complexity index is 963. The van der Waals surface area contributed by atoms with Crippen LogP contribution in [0.2, 0.25) is 0 Å². The third-order valence-corrected chi connectivity index (χ3v) is 3.81. The quantitative estimate of drug-likeness (QED) is 0.697. The van der Waals surface area contributed by atoms with Gasteiger partial charge in [0.25, 0.3) is 5.91 Å². The van der Waals surface area contributed by atoms with Gasteiger partial charge in [0.1, 0.15) is 17.4 Å². The lowest BCUT2D eigenvalue weighted by atomic mass is 10.1. The number of amides is 1. The van der Waals surface area contributed by atoms with E-state index in [-0.39, 0.29) is 12.1 Å². The number of rotatable bonds is 6. The number of nitrogens with two attached hydrogens (primary N) is 1. The van der Waals surface area contributed by atoms with E-state index in [1.807, 2.05) is 0 Å². The topological polar surface area (TPSA) is 77.2 Å². The molecule has 0 aliphatic carbocycles. The Hall–Kier alpha value is -3.32. The van der Waals surface area contributed by atoms with Crippen molar-refractivity contribution in [3.8, 4) is 11.6 Å². The number of nitrogens with zero attached hydrogens (tertiary/aromatic N) is 1. The van der Waals surface area contributed by atoms with Gasteiger partial charge in [0.05, 0.1) is 0 Å². The fourth-order valence-corrected chi connectivity index (χ4v) is 2.40. The lowest BCUT2D eigenvalue weighted by Crippen LogP contribution is -2.23. The summed E-state index contributed by atoms with van der Waals surface area (Å²) in [5.74, 6) is -0.994. The van der Waals surface area contributed by atoms with Gasteiger partial charge in [-0.05, 0) is 35.9 Å². The summed E-state index contributed by atoms with van der Waals surface area (Å²) >= 11 is 0. The van der Waals surface area contributed by atoms with E-state index in [0.717, 1.165) is 17.7 Å². The van der Waals surface area contributed by atoms with E-state index in [1.54, 1.807) is 42.6 Å². The molecule has 0 atom stereocenters. The number of ether oxygens (including phenoxy) is 1. The SMILES string of the molecule is NCc1ccnc(Oc2cccc(C(=O)NCc3ccc(F)cc3F)c2)c1. The van der Waals surface area contributed by atoms with E-state index < -0.39 is 17.5 Å². The van der Waals surface area contributed by atoms with Gasteiger partial charge in [-0.15, -0.1) is 0 Å². The summed E-state index contributed by atoms with van der Waals surface area (Å²) in [6, 6.07) is 13.2. The van der Waals surface area contributed by atoms with Gasteiger partial charge in [0.15, 0.2) is 0 Å². The Balaban J connectivity index is 1.67. The molecule has 5 nitrogen and oxygen atoms in total. The highest BCUT2D eigenvalue weighted by Crippen LogP contribution is 2.21. The van der Waals surface area contributed by atoms with Crippen molar-refractivity contribution in [2.45, 2.75) is 13.1 Å². The molecule has 3 aromatic rings. The van der Waals surface area contributed by atoms with Crippen LogP contribution < -0.4 is 15.8 Å². The van der Waals surface area contributed by atoms with E-state index >= 15 is 0 Å². The Labute approximate surface area is 154 Å². The minimum absolute atomic E-state index is 0.0594. The van der Waals surface area contributed by atoms with Gasteiger partial charge in [-0.1, -0.05) is 12.1 Å². The normalized spacial score (nSPS) is 10.5. The van der Waals surface area contributed by atoms with Crippen molar-refractivity contribution in [1.82, 2.24) is 10.3 Å². The van der Waals surface area contributed by atoms with Gasteiger partial charge < -0.3 is 15.8 Å². The summed E-state index contributed by atoms with van der Waals surface area (Å²) in [4.78, 5) is 16.4. The first kappa shape index (κ1) is 18.5. The summed E-state index contributed by atoms with van der Waals surface area (Å²) in [5, 5.41) is 2.60. The zero-order chi connectivity index (χ0) is 19.2. The number of pyridine rings is 1. The molecule has 7 heteroatoms. The van der Waals surface area contributed by atoms with E-state index in [4.69, 9.17) is 10.5 Å². The van der Waals surface area contributed by atoms with Crippen LogP contribution >= 0.6 is 0 Å². The Morgan fingerprint density at radius 2 is 1.96 bits per heavy atom. The van der Waals surface area contributed by atoms with Gasteiger partial charge in [0.2, 0.25) is 5.88 Å². The maximum absolute atomic E-state index is 13.6. The van der Waals surface area contributed by atoms with Crippen molar-refractivity contribution in [2.24, 2.45) is 5.73 Å². The molecule has 0 bridgehead atoms. The van der Waals surface area contributed by atoms with Crippen molar-refractivity contribution in [1.29, 1.82) is 0 Å². The van der Waals surface area contributed by atoms with Crippen LogP contribution in [0.4, 0.5) is 8.78 Å².